The lowest BCUT2D eigenvalue weighted by Crippen LogP contribution is -2.33. The Morgan fingerprint density at radius 3 is 2.75 bits per heavy atom. The van der Waals surface area contributed by atoms with E-state index in [9.17, 15) is 4.79 Å². The number of amides is 1. The van der Waals surface area contributed by atoms with Crippen LogP contribution in [0.3, 0.4) is 0 Å². The van der Waals surface area contributed by atoms with Gasteiger partial charge in [-0.1, -0.05) is 48.9 Å². The summed E-state index contributed by atoms with van der Waals surface area (Å²) in [4.78, 5) is 14.9. The van der Waals surface area contributed by atoms with Gasteiger partial charge < -0.3 is 5.32 Å². The van der Waals surface area contributed by atoms with Gasteiger partial charge in [0, 0.05) is 36.7 Å². The SMILES string of the molecule is Cc1cccc(CSCCNC(=O)c2ccc(CN3CCC[C@H](C)C3)cc2)c1. The third-order valence-electron chi connectivity index (χ3n) is 5.25. The fourth-order valence-electron chi connectivity index (χ4n) is 3.78. The zero-order chi connectivity index (χ0) is 19.8. The van der Waals surface area contributed by atoms with Crippen LogP contribution in [0.15, 0.2) is 48.5 Å². The molecule has 3 nitrogen and oxygen atoms in total. The molecule has 1 amide bonds. The van der Waals surface area contributed by atoms with Crippen LogP contribution >= 0.6 is 11.8 Å². The molecule has 0 aromatic heterocycles. The highest BCUT2D eigenvalue weighted by Crippen LogP contribution is 2.18. The van der Waals surface area contributed by atoms with Gasteiger partial charge in [0.25, 0.3) is 5.91 Å². The number of carbonyl (C=O) groups is 1. The van der Waals surface area contributed by atoms with Crippen molar-refractivity contribution in [3.05, 3.63) is 70.8 Å². The maximum Gasteiger partial charge on any atom is 0.251 e. The summed E-state index contributed by atoms with van der Waals surface area (Å²) in [6.45, 7) is 8.51. The van der Waals surface area contributed by atoms with E-state index < -0.39 is 0 Å². The highest BCUT2D eigenvalue weighted by atomic mass is 32.2. The minimum atomic E-state index is 0.0225. The van der Waals surface area contributed by atoms with Crippen LogP contribution in [0.2, 0.25) is 0 Å². The summed E-state index contributed by atoms with van der Waals surface area (Å²) in [5.74, 6) is 2.73. The Morgan fingerprint density at radius 1 is 1.18 bits per heavy atom. The molecule has 2 aromatic carbocycles. The second-order valence-electron chi connectivity index (χ2n) is 7.98. The third-order valence-corrected chi connectivity index (χ3v) is 6.28. The molecule has 0 saturated carbocycles. The standard InChI is InChI=1S/C24H32N2OS/c1-19-5-3-7-22(15-19)18-28-14-12-25-24(27)23-10-8-21(9-11-23)17-26-13-4-6-20(2)16-26/h3,5,7-11,15,20H,4,6,12-14,16-18H2,1-2H3,(H,25,27)/t20-/m0/s1. The molecule has 0 radical (unpaired) electrons. The number of aryl methyl sites for hydroxylation is 1. The van der Waals surface area contributed by atoms with Crippen molar-refractivity contribution in [1.82, 2.24) is 10.2 Å². The van der Waals surface area contributed by atoms with Crippen molar-refractivity contribution in [1.29, 1.82) is 0 Å². The minimum absolute atomic E-state index is 0.0225. The first kappa shape index (κ1) is 20.9. The molecular formula is C24H32N2OS. The van der Waals surface area contributed by atoms with Gasteiger partial charge in [0.2, 0.25) is 0 Å². The van der Waals surface area contributed by atoms with E-state index in [1.807, 2.05) is 23.9 Å². The Balaban J connectivity index is 1.37. The average Bonchev–Trinajstić information content (AvgIpc) is 2.68. The summed E-state index contributed by atoms with van der Waals surface area (Å²) in [6, 6.07) is 16.7. The van der Waals surface area contributed by atoms with E-state index in [0.717, 1.165) is 29.5 Å². The van der Waals surface area contributed by atoms with Gasteiger partial charge in [0.15, 0.2) is 0 Å². The second-order valence-corrected chi connectivity index (χ2v) is 9.08. The Labute approximate surface area is 173 Å². The van der Waals surface area contributed by atoms with E-state index in [2.05, 4.69) is 60.5 Å². The molecule has 0 bridgehead atoms. The van der Waals surface area contributed by atoms with Gasteiger partial charge in [0.1, 0.15) is 0 Å². The predicted molar refractivity (Wildman–Crippen MR) is 120 cm³/mol. The van der Waals surface area contributed by atoms with Crippen molar-refractivity contribution >= 4 is 17.7 Å². The number of hydrogen-bond acceptors (Lipinski definition) is 3. The minimum Gasteiger partial charge on any atom is -0.351 e. The van der Waals surface area contributed by atoms with Gasteiger partial charge in [-0.05, 0) is 55.5 Å². The highest BCUT2D eigenvalue weighted by Gasteiger charge is 2.16. The molecular weight excluding hydrogens is 364 g/mol. The zero-order valence-electron chi connectivity index (χ0n) is 17.1. The number of nitrogens with one attached hydrogen (secondary N) is 1. The van der Waals surface area contributed by atoms with Gasteiger partial charge in [-0.2, -0.15) is 11.8 Å². The number of hydrogen-bond donors (Lipinski definition) is 1. The maximum absolute atomic E-state index is 12.3. The molecule has 1 aliphatic heterocycles. The van der Waals surface area contributed by atoms with Crippen LogP contribution in [0, 0.1) is 12.8 Å². The number of benzene rings is 2. The van der Waals surface area contributed by atoms with Crippen molar-refractivity contribution in [2.45, 2.75) is 39.0 Å². The molecule has 1 fully saturated rings. The zero-order valence-corrected chi connectivity index (χ0v) is 17.9. The number of likely N-dealkylation sites (tertiary alicyclic amines) is 1. The summed E-state index contributed by atoms with van der Waals surface area (Å²) in [6.07, 6.45) is 2.64. The van der Waals surface area contributed by atoms with Crippen molar-refractivity contribution < 1.29 is 4.79 Å². The number of nitrogens with zero attached hydrogens (tertiary/aromatic N) is 1. The molecule has 4 heteroatoms. The summed E-state index contributed by atoms with van der Waals surface area (Å²) in [7, 11) is 0. The van der Waals surface area contributed by atoms with Crippen LogP contribution in [0.25, 0.3) is 0 Å². The molecule has 1 saturated heterocycles. The van der Waals surface area contributed by atoms with E-state index >= 15 is 0 Å². The highest BCUT2D eigenvalue weighted by molar-refractivity contribution is 7.98. The summed E-state index contributed by atoms with van der Waals surface area (Å²) in [5, 5.41) is 3.03. The first-order chi connectivity index (χ1) is 13.6. The Hall–Kier alpha value is -1.78. The largest absolute Gasteiger partial charge is 0.351 e. The summed E-state index contributed by atoms with van der Waals surface area (Å²) in [5.41, 5.74) is 4.68. The van der Waals surface area contributed by atoms with Crippen molar-refractivity contribution in [3.63, 3.8) is 0 Å². The third kappa shape index (κ3) is 6.68. The number of thioether (sulfide) groups is 1. The number of rotatable bonds is 8. The first-order valence-corrected chi connectivity index (χ1v) is 11.5. The lowest BCUT2D eigenvalue weighted by molar-refractivity contribution is 0.0956. The average molecular weight is 397 g/mol. The van der Waals surface area contributed by atoms with Gasteiger partial charge in [-0.15, -0.1) is 0 Å². The molecule has 0 spiro atoms. The molecule has 1 aliphatic rings. The van der Waals surface area contributed by atoms with E-state index in [-0.39, 0.29) is 5.91 Å². The van der Waals surface area contributed by atoms with Crippen molar-refractivity contribution in [3.8, 4) is 0 Å². The number of carbonyl (C=O) groups excluding carboxylic acids is 1. The Morgan fingerprint density at radius 2 is 2.00 bits per heavy atom. The lowest BCUT2D eigenvalue weighted by Gasteiger charge is -2.30. The van der Waals surface area contributed by atoms with Gasteiger partial charge in [-0.25, -0.2) is 0 Å². The van der Waals surface area contributed by atoms with Crippen molar-refractivity contribution in [2.24, 2.45) is 5.92 Å². The van der Waals surface area contributed by atoms with Crippen LogP contribution < -0.4 is 5.32 Å². The molecule has 1 heterocycles. The molecule has 28 heavy (non-hydrogen) atoms. The van der Waals surface area contributed by atoms with Crippen LogP contribution in [-0.2, 0) is 12.3 Å². The molecule has 1 N–H and O–H groups in total. The van der Waals surface area contributed by atoms with Crippen LogP contribution in [-0.4, -0.2) is 36.2 Å². The van der Waals surface area contributed by atoms with Gasteiger partial charge >= 0.3 is 0 Å². The summed E-state index contributed by atoms with van der Waals surface area (Å²) < 4.78 is 0. The van der Waals surface area contributed by atoms with Gasteiger partial charge in [0.05, 0.1) is 0 Å². The maximum atomic E-state index is 12.3. The Kier molecular flexibility index (Phi) is 7.99. The van der Waals surface area contributed by atoms with Crippen LogP contribution in [0.5, 0.6) is 0 Å². The molecule has 0 aliphatic carbocycles. The fraction of sp³-hybridized carbons (Fsp3) is 0.458. The van der Waals surface area contributed by atoms with Crippen molar-refractivity contribution in [2.75, 3.05) is 25.4 Å². The normalized spacial score (nSPS) is 17.4. The molecule has 1 atom stereocenters. The first-order valence-electron chi connectivity index (χ1n) is 10.3. The van der Waals surface area contributed by atoms with E-state index in [0.29, 0.717) is 6.54 Å². The van der Waals surface area contributed by atoms with E-state index in [4.69, 9.17) is 0 Å². The fourth-order valence-corrected chi connectivity index (χ4v) is 4.59. The lowest BCUT2D eigenvalue weighted by atomic mass is 9.99. The Bertz CT molecular complexity index is 759. The molecule has 0 unspecified atom stereocenters. The molecule has 2 aromatic rings. The second kappa shape index (κ2) is 10.7. The smallest absolute Gasteiger partial charge is 0.251 e. The molecule has 3 rings (SSSR count). The summed E-state index contributed by atoms with van der Waals surface area (Å²) >= 11 is 1.85. The molecule has 150 valence electrons. The monoisotopic (exact) mass is 396 g/mol. The number of piperidine rings is 1. The van der Waals surface area contributed by atoms with Crippen LogP contribution in [0.4, 0.5) is 0 Å². The van der Waals surface area contributed by atoms with Crippen LogP contribution in [0.1, 0.15) is 46.8 Å². The topological polar surface area (TPSA) is 32.3 Å². The quantitative estimate of drug-likeness (QED) is 0.645. The van der Waals surface area contributed by atoms with E-state index in [1.54, 1.807) is 0 Å². The predicted octanol–water partition coefficient (Wildman–Crippen LogP) is 4.89. The van der Waals surface area contributed by atoms with E-state index in [1.165, 1.54) is 42.6 Å². The van der Waals surface area contributed by atoms with Gasteiger partial charge in [-0.3, -0.25) is 9.69 Å².